The minimum atomic E-state index is -0.990. The number of hydrogen-bond donors (Lipinski definition) is 4. The molecule has 2 fully saturated rings. The third kappa shape index (κ3) is 8.65. The van der Waals surface area contributed by atoms with Gasteiger partial charge in [0.2, 0.25) is 23.5 Å². The SMILES string of the molecule is CCC[C@H]1CC[C@@H](C(=O)N[C@@H](CCC)C(=O)C(=O)NC2CC2)N1C(=O)[C@@H](NC(=O)CNC(=O)c1ccco1)C(C)(C)C. The predicted molar refractivity (Wildman–Crippen MR) is 154 cm³/mol. The van der Waals surface area contributed by atoms with Crippen molar-refractivity contribution in [3.05, 3.63) is 24.2 Å². The summed E-state index contributed by atoms with van der Waals surface area (Å²) in [5, 5.41) is 10.7. The standard InChI is InChI=1S/C30H45N5O7/c1-6-9-19-14-15-21(26(38)33-20(10-7-2)24(37)28(40)32-18-12-13-18)35(19)29(41)25(30(3,4)5)34-23(36)17-31-27(39)22-11-8-16-42-22/h8,11,16,18-21,25H,6-7,9-10,12-15,17H2,1-5H3,(H,31,39)(H,32,40)(H,33,38)(H,34,36)/t19-,20-,21-,25+/m0/s1. The first-order valence-corrected chi connectivity index (χ1v) is 15.0. The van der Waals surface area contributed by atoms with E-state index in [4.69, 9.17) is 4.42 Å². The number of carbonyl (C=O) groups is 6. The van der Waals surface area contributed by atoms with Crippen LogP contribution < -0.4 is 21.3 Å². The zero-order valence-electron chi connectivity index (χ0n) is 25.3. The maximum absolute atomic E-state index is 14.1. The zero-order chi connectivity index (χ0) is 31.0. The molecule has 0 bridgehead atoms. The van der Waals surface area contributed by atoms with Gasteiger partial charge in [0.1, 0.15) is 12.1 Å². The summed E-state index contributed by atoms with van der Waals surface area (Å²) in [4.78, 5) is 79.7. The number of nitrogens with one attached hydrogen (secondary N) is 4. The van der Waals surface area contributed by atoms with Gasteiger partial charge in [-0.2, -0.15) is 0 Å². The van der Waals surface area contributed by atoms with Gasteiger partial charge in [0.05, 0.1) is 18.8 Å². The number of rotatable bonds is 14. The average Bonchev–Trinajstić information content (AvgIpc) is 3.39. The molecule has 0 unspecified atom stereocenters. The number of Topliss-reactive ketones (excluding diaryl/α,β-unsaturated/α-hetero) is 1. The van der Waals surface area contributed by atoms with Gasteiger partial charge in [-0.05, 0) is 56.1 Å². The van der Waals surface area contributed by atoms with Crippen molar-refractivity contribution in [2.24, 2.45) is 5.41 Å². The molecule has 42 heavy (non-hydrogen) atoms. The van der Waals surface area contributed by atoms with Gasteiger partial charge < -0.3 is 30.6 Å². The molecule has 1 aliphatic heterocycles. The van der Waals surface area contributed by atoms with E-state index in [-0.39, 0.29) is 24.4 Å². The van der Waals surface area contributed by atoms with Gasteiger partial charge in [-0.15, -0.1) is 0 Å². The number of likely N-dealkylation sites (tertiary alicyclic amines) is 1. The second kappa shape index (κ2) is 14.5. The molecule has 1 saturated heterocycles. The number of carbonyl (C=O) groups excluding carboxylic acids is 6. The predicted octanol–water partition coefficient (Wildman–Crippen LogP) is 1.83. The fourth-order valence-electron chi connectivity index (χ4n) is 5.22. The van der Waals surface area contributed by atoms with E-state index >= 15 is 0 Å². The van der Waals surface area contributed by atoms with Gasteiger partial charge in [-0.25, -0.2) is 0 Å². The van der Waals surface area contributed by atoms with E-state index in [0.29, 0.717) is 32.1 Å². The summed E-state index contributed by atoms with van der Waals surface area (Å²) in [6.07, 6.45) is 6.34. The number of ketones is 1. The molecule has 1 aliphatic carbocycles. The lowest BCUT2D eigenvalue weighted by molar-refractivity contribution is -0.146. The van der Waals surface area contributed by atoms with Crippen LogP contribution in [0.5, 0.6) is 0 Å². The molecule has 3 rings (SSSR count). The molecule has 12 nitrogen and oxygen atoms in total. The monoisotopic (exact) mass is 587 g/mol. The Morgan fingerprint density at radius 2 is 1.71 bits per heavy atom. The highest BCUT2D eigenvalue weighted by atomic mass is 16.3. The summed E-state index contributed by atoms with van der Waals surface area (Å²) in [7, 11) is 0. The van der Waals surface area contributed by atoms with Crippen molar-refractivity contribution in [3.63, 3.8) is 0 Å². The summed E-state index contributed by atoms with van der Waals surface area (Å²) in [5.41, 5.74) is -0.722. The van der Waals surface area contributed by atoms with Crippen LogP contribution in [0.1, 0.15) is 96.5 Å². The lowest BCUT2D eigenvalue weighted by Crippen LogP contribution is -2.61. The molecule has 5 amide bonds. The van der Waals surface area contributed by atoms with Crippen LogP contribution in [0.4, 0.5) is 0 Å². The fraction of sp³-hybridized carbons (Fsp3) is 0.667. The Kier molecular flexibility index (Phi) is 11.3. The number of hydrogen-bond acceptors (Lipinski definition) is 7. The molecule has 232 valence electrons. The Morgan fingerprint density at radius 3 is 2.29 bits per heavy atom. The van der Waals surface area contributed by atoms with Crippen molar-refractivity contribution >= 4 is 35.3 Å². The normalized spacial score (nSPS) is 19.9. The van der Waals surface area contributed by atoms with E-state index in [9.17, 15) is 28.8 Å². The van der Waals surface area contributed by atoms with E-state index in [1.54, 1.807) is 11.0 Å². The molecule has 1 aromatic rings. The smallest absolute Gasteiger partial charge is 0.289 e. The second-order valence-corrected chi connectivity index (χ2v) is 12.3. The Morgan fingerprint density at radius 1 is 1.00 bits per heavy atom. The van der Waals surface area contributed by atoms with E-state index in [0.717, 1.165) is 19.3 Å². The first kappa shape index (κ1) is 32.8. The molecule has 1 aromatic heterocycles. The first-order valence-electron chi connectivity index (χ1n) is 15.0. The lowest BCUT2D eigenvalue weighted by Gasteiger charge is -2.38. The first-order chi connectivity index (χ1) is 19.9. The van der Waals surface area contributed by atoms with Crippen LogP contribution in [-0.4, -0.2) is 77.0 Å². The molecular weight excluding hydrogens is 542 g/mol. The topological polar surface area (TPSA) is 167 Å². The van der Waals surface area contributed by atoms with E-state index in [2.05, 4.69) is 21.3 Å². The molecular formula is C30H45N5O7. The third-order valence-electron chi connectivity index (χ3n) is 7.60. The van der Waals surface area contributed by atoms with Gasteiger partial charge in [0.25, 0.3) is 11.8 Å². The quantitative estimate of drug-likeness (QED) is 0.241. The van der Waals surface area contributed by atoms with Crippen LogP contribution >= 0.6 is 0 Å². The Labute approximate surface area is 247 Å². The number of nitrogens with zero attached hydrogens (tertiary/aromatic N) is 1. The van der Waals surface area contributed by atoms with Crippen LogP contribution in [0, 0.1) is 5.41 Å². The van der Waals surface area contributed by atoms with Crippen LogP contribution in [-0.2, 0) is 24.0 Å². The highest BCUT2D eigenvalue weighted by molar-refractivity contribution is 6.38. The Bertz CT molecular complexity index is 1140. The average molecular weight is 588 g/mol. The molecule has 4 N–H and O–H groups in total. The Hall–Kier alpha value is -3.70. The van der Waals surface area contributed by atoms with Gasteiger partial charge >= 0.3 is 0 Å². The molecule has 0 radical (unpaired) electrons. The van der Waals surface area contributed by atoms with Gasteiger partial charge in [-0.1, -0.05) is 47.5 Å². The number of amides is 5. The molecule has 2 heterocycles. The van der Waals surface area contributed by atoms with E-state index in [1.807, 2.05) is 34.6 Å². The summed E-state index contributed by atoms with van der Waals surface area (Å²) in [6.45, 7) is 8.92. The van der Waals surface area contributed by atoms with E-state index in [1.165, 1.54) is 12.3 Å². The van der Waals surface area contributed by atoms with Crippen molar-refractivity contribution in [2.45, 2.75) is 116 Å². The summed E-state index contributed by atoms with van der Waals surface area (Å²) < 4.78 is 5.04. The molecule has 0 spiro atoms. The molecule has 0 aromatic carbocycles. The molecule has 4 atom stereocenters. The van der Waals surface area contributed by atoms with Crippen molar-refractivity contribution in [1.82, 2.24) is 26.2 Å². The summed E-state index contributed by atoms with van der Waals surface area (Å²) >= 11 is 0. The maximum Gasteiger partial charge on any atom is 0.289 e. The molecule has 2 aliphatic rings. The van der Waals surface area contributed by atoms with Crippen molar-refractivity contribution < 1.29 is 33.2 Å². The van der Waals surface area contributed by atoms with Gasteiger partial charge in [-0.3, -0.25) is 28.8 Å². The van der Waals surface area contributed by atoms with Gasteiger partial charge in [0.15, 0.2) is 5.76 Å². The zero-order valence-corrected chi connectivity index (χ0v) is 25.3. The number of furan rings is 1. The highest BCUT2D eigenvalue weighted by Gasteiger charge is 2.46. The fourth-order valence-corrected chi connectivity index (χ4v) is 5.22. The third-order valence-corrected chi connectivity index (χ3v) is 7.60. The maximum atomic E-state index is 14.1. The van der Waals surface area contributed by atoms with E-state index < -0.39 is 58.9 Å². The van der Waals surface area contributed by atoms with Gasteiger partial charge in [0, 0.05) is 12.1 Å². The van der Waals surface area contributed by atoms with Crippen LogP contribution in [0.25, 0.3) is 0 Å². The Balaban J connectivity index is 1.74. The molecule has 12 heteroatoms. The molecule has 1 saturated carbocycles. The summed E-state index contributed by atoms with van der Waals surface area (Å²) in [6, 6.07) is -0.0123. The highest BCUT2D eigenvalue weighted by Crippen LogP contribution is 2.32. The largest absolute Gasteiger partial charge is 0.459 e. The van der Waals surface area contributed by atoms with Crippen molar-refractivity contribution in [1.29, 1.82) is 0 Å². The van der Waals surface area contributed by atoms with Crippen LogP contribution in [0.2, 0.25) is 0 Å². The van der Waals surface area contributed by atoms with Crippen molar-refractivity contribution in [2.75, 3.05) is 6.54 Å². The minimum Gasteiger partial charge on any atom is -0.459 e. The lowest BCUT2D eigenvalue weighted by atomic mass is 9.85. The summed E-state index contributed by atoms with van der Waals surface area (Å²) in [5.74, 6) is -3.35. The van der Waals surface area contributed by atoms with Crippen molar-refractivity contribution in [3.8, 4) is 0 Å². The minimum absolute atomic E-state index is 0.0141. The van der Waals surface area contributed by atoms with Crippen LogP contribution in [0.3, 0.4) is 0 Å². The van der Waals surface area contributed by atoms with Crippen LogP contribution in [0.15, 0.2) is 22.8 Å². The second-order valence-electron chi connectivity index (χ2n) is 12.3.